The Hall–Kier alpha value is -3.15. The molecule has 26 heavy (non-hydrogen) atoms. The molecule has 1 aliphatic rings. The third kappa shape index (κ3) is 3.06. The van der Waals surface area contributed by atoms with Crippen molar-refractivity contribution in [2.45, 2.75) is 25.5 Å². The lowest BCUT2D eigenvalue weighted by Crippen LogP contribution is -2.41. The molecule has 1 N–H and O–H groups in total. The minimum absolute atomic E-state index is 0.115. The van der Waals surface area contributed by atoms with Gasteiger partial charge in [-0.15, -0.1) is 0 Å². The molecule has 0 aliphatic carbocycles. The van der Waals surface area contributed by atoms with Crippen LogP contribution in [0.25, 0.3) is 10.9 Å². The highest BCUT2D eigenvalue weighted by Gasteiger charge is 2.28. The first kappa shape index (κ1) is 16.3. The van der Waals surface area contributed by atoms with Crippen LogP contribution < -0.4 is 10.3 Å². The summed E-state index contributed by atoms with van der Waals surface area (Å²) in [6, 6.07) is 14.9. The molecule has 0 spiro atoms. The summed E-state index contributed by atoms with van der Waals surface area (Å²) in [6.45, 7) is 0.223. The minimum atomic E-state index is -0.512. The summed E-state index contributed by atoms with van der Waals surface area (Å²) in [5.74, 6) is 1.11. The number of nitrogens with one attached hydrogen (secondary N) is 1. The maximum absolute atomic E-state index is 12.7. The number of hydrogen-bond donors (Lipinski definition) is 1. The third-order valence-corrected chi connectivity index (χ3v) is 4.62. The molecule has 3 aromatic rings. The Bertz CT molecular complexity index is 1030. The van der Waals surface area contributed by atoms with Gasteiger partial charge in [0, 0.05) is 7.05 Å². The Morgan fingerprint density at radius 3 is 2.88 bits per heavy atom. The number of aromatic amines is 1. The van der Waals surface area contributed by atoms with Gasteiger partial charge in [-0.05, 0) is 36.6 Å². The zero-order chi connectivity index (χ0) is 18.1. The van der Waals surface area contributed by atoms with Crippen molar-refractivity contribution in [2.75, 3.05) is 7.05 Å². The lowest BCUT2D eigenvalue weighted by Gasteiger charge is -2.28. The summed E-state index contributed by atoms with van der Waals surface area (Å²) in [6.07, 6.45) is 0.940. The molecule has 0 bridgehead atoms. The van der Waals surface area contributed by atoms with Crippen molar-refractivity contribution >= 4 is 16.8 Å². The highest BCUT2D eigenvalue weighted by Crippen LogP contribution is 2.27. The Kier molecular flexibility index (Phi) is 4.16. The molecule has 4 rings (SSSR count). The van der Waals surface area contributed by atoms with E-state index in [0.29, 0.717) is 23.1 Å². The fraction of sp³-hybridized carbons (Fsp3) is 0.250. The number of para-hydroxylation sites is 2. The van der Waals surface area contributed by atoms with E-state index in [2.05, 4.69) is 9.97 Å². The quantitative estimate of drug-likeness (QED) is 0.787. The van der Waals surface area contributed by atoms with E-state index in [0.717, 1.165) is 17.7 Å². The normalized spacial score (nSPS) is 16.0. The van der Waals surface area contributed by atoms with Crippen molar-refractivity contribution in [2.24, 2.45) is 0 Å². The summed E-state index contributed by atoms with van der Waals surface area (Å²) >= 11 is 0. The topological polar surface area (TPSA) is 75.3 Å². The number of likely N-dealkylation sites (N-methyl/N-ethyl adjacent to an activating group) is 1. The zero-order valence-electron chi connectivity index (χ0n) is 14.4. The van der Waals surface area contributed by atoms with E-state index in [4.69, 9.17) is 4.74 Å². The van der Waals surface area contributed by atoms with Crippen LogP contribution in [0.1, 0.15) is 17.8 Å². The van der Waals surface area contributed by atoms with Crippen LogP contribution >= 0.6 is 0 Å². The number of aromatic nitrogens is 2. The van der Waals surface area contributed by atoms with Crippen LogP contribution in [-0.2, 0) is 17.8 Å². The Morgan fingerprint density at radius 1 is 1.23 bits per heavy atom. The fourth-order valence-electron chi connectivity index (χ4n) is 3.26. The van der Waals surface area contributed by atoms with E-state index in [1.54, 1.807) is 30.1 Å². The minimum Gasteiger partial charge on any atom is -0.480 e. The molecular weight excluding hydrogens is 330 g/mol. The lowest BCUT2D eigenvalue weighted by molar-refractivity contribution is -0.138. The van der Waals surface area contributed by atoms with Crippen LogP contribution in [0.2, 0.25) is 0 Å². The first-order chi connectivity index (χ1) is 12.6. The van der Waals surface area contributed by atoms with Crippen LogP contribution in [0.5, 0.6) is 5.75 Å². The van der Waals surface area contributed by atoms with Gasteiger partial charge in [0.05, 0.1) is 17.4 Å². The number of benzene rings is 2. The van der Waals surface area contributed by atoms with Gasteiger partial charge in [-0.25, -0.2) is 4.98 Å². The molecule has 6 nitrogen and oxygen atoms in total. The Labute approximate surface area is 150 Å². The molecule has 1 aliphatic heterocycles. The molecule has 0 radical (unpaired) electrons. The van der Waals surface area contributed by atoms with Gasteiger partial charge in [0.25, 0.3) is 11.5 Å². The molecule has 0 unspecified atom stereocenters. The number of ether oxygens (including phenoxy) is 1. The SMILES string of the molecule is CN(Cc1nc2ccccc2c(=O)[nH]1)C(=O)[C@@H]1CCc2ccccc2O1. The van der Waals surface area contributed by atoms with Crippen molar-refractivity contribution < 1.29 is 9.53 Å². The van der Waals surface area contributed by atoms with Crippen molar-refractivity contribution in [1.29, 1.82) is 0 Å². The molecule has 0 saturated heterocycles. The molecule has 1 aromatic heterocycles. The molecule has 1 amide bonds. The van der Waals surface area contributed by atoms with Crippen LogP contribution in [0.15, 0.2) is 53.3 Å². The maximum atomic E-state index is 12.7. The molecule has 1 atom stereocenters. The first-order valence-corrected chi connectivity index (χ1v) is 8.59. The van der Waals surface area contributed by atoms with Crippen molar-refractivity contribution in [3.05, 3.63) is 70.3 Å². The number of rotatable bonds is 3. The second-order valence-electron chi connectivity index (χ2n) is 6.48. The Morgan fingerprint density at radius 2 is 2.00 bits per heavy atom. The second-order valence-corrected chi connectivity index (χ2v) is 6.48. The van der Waals surface area contributed by atoms with Crippen LogP contribution in [0.4, 0.5) is 0 Å². The van der Waals surface area contributed by atoms with Gasteiger partial charge in [-0.2, -0.15) is 0 Å². The number of aryl methyl sites for hydroxylation is 1. The summed E-state index contributed by atoms with van der Waals surface area (Å²) in [5.41, 5.74) is 1.55. The van der Waals surface area contributed by atoms with Gasteiger partial charge in [0.15, 0.2) is 6.10 Å². The van der Waals surface area contributed by atoms with Crippen LogP contribution in [0.3, 0.4) is 0 Å². The number of H-pyrrole nitrogens is 1. The van der Waals surface area contributed by atoms with Gasteiger partial charge >= 0.3 is 0 Å². The predicted octanol–water partition coefficient (Wildman–Crippen LogP) is 2.28. The van der Waals surface area contributed by atoms with Gasteiger partial charge in [0.2, 0.25) is 0 Å². The highest BCUT2D eigenvalue weighted by molar-refractivity contribution is 5.81. The maximum Gasteiger partial charge on any atom is 0.263 e. The predicted molar refractivity (Wildman–Crippen MR) is 98.0 cm³/mol. The number of carbonyl (C=O) groups excluding carboxylic acids is 1. The van der Waals surface area contributed by atoms with E-state index in [1.807, 2.05) is 30.3 Å². The van der Waals surface area contributed by atoms with Gasteiger partial charge in [-0.3, -0.25) is 9.59 Å². The van der Waals surface area contributed by atoms with E-state index in [-0.39, 0.29) is 18.0 Å². The lowest BCUT2D eigenvalue weighted by atomic mass is 10.0. The number of fused-ring (bicyclic) bond motifs is 2. The van der Waals surface area contributed by atoms with Crippen molar-refractivity contribution in [3.8, 4) is 5.75 Å². The van der Waals surface area contributed by atoms with E-state index >= 15 is 0 Å². The van der Waals surface area contributed by atoms with Crippen molar-refractivity contribution in [3.63, 3.8) is 0 Å². The molecule has 2 heterocycles. The van der Waals surface area contributed by atoms with Gasteiger partial charge < -0.3 is 14.6 Å². The third-order valence-electron chi connectivity index (χ3n) is 4.62. The standard InChI is InChI=1S/C20H19N3O3/c1-23(12-18-21-15-8-4-3-7-14(15)19(24)22-18)20(25)17-11-10-13-6-2-5-9-16(13)26-17/h2-9,17H,10-12H2,1H3,(H,21,22,24)/t17-/m0/s1. The average Bonchev–Trinajstić information content (AvgIpc) is 2.67. The number of carbonyl (C=O) groups is 1. The molecule has 0 saturated carbocycles. The summed E-state index contributed by atoms with van der Waals surface area (Å²) < 4.78 is 5.86. The molecule has 6 heteroatoms. The fourth-order valence-corrected chi connectivity index (χ4v) is 3.26. The smallest absolute Gasteiger partial charge is 0.263 e. The second kappa shape index (κ2) is 6.63. The number of hydrogen-bond acceptors (Lipinski definition) is 4. The van der Waals surface area contributed by atoms with Crippen LogP contribution in [0, 0.1) is 0 Å². The molecular formula is C20H19N3O3. The largest absolute Gasteiger partial charge is 0.480 e. The summed E-state index contributed by atoms with van der Waals surface area (Å²) in [5, 5.41) is 0.539. The number of nitrogens with zero attached hydrogens (tertiary/aromatic N) is 2. The molecule has 2 aromatic carbocycles. The van der Waals surface area contributed by atoms with Crippen molar-refractivity contribution in [1.82, 2.24) is 14.9 Å². The summed E-state index contributed by atoms with van der Waals surface area (Å²) in [7, 11) is 1.70. The van der Waals surface area contributed by atoms with Crippen LogP contribution in [-0.4, -0.2) is 33.9 Å². The Balaban J connectivity index is 1.51. The van der Waals surface area contributed by atoms with E-state index in [1.165, 1.54) is 0 Å². The van der Waals surface area contributed by atoms with E-state index < -0.39 is 6.10 Å². The summed E-state index contributed by atoms with van der Waals surface area (Å²) in [4.78, 5) is 33.7. The van der Waals surface area contributed by atoms with Gasteiger partial charge in [-0.1, -0.05) is 30.3 Å². The molecule has 132 valence electrons. The first-order valence-electron chi connectivity index (χ1n) is 8.59. The highest BCUT2D eigenvalue weighted by atomic mass is 16.5. The van der Waals surface area contributed by atoms with Gasteiger partial charge in [0.1, 0.15) is 11.6 Å². The zero-order valence-corrected chi connectivity index (χ0v) is 14.4. The molecule has 0 fully saturated rings. The monoisotopic (exact) mass is 349 g/mol. The number of amides is 1. The van der Waals surface area contributed by atoms with E-state index in [9.17, 15) is 9.59 Å². The average molecular weight is 349 g/mol.